The molecule has 2 N–H and O–H groups in total. The van der Waals surface area contributed by atoms with Crippen LogP contribution in [0.5, 0.6) is 11.5 Å². The first-order chi connectivity index (χ1) is 15.0. The molecule has 0 saturated heterocycles. The zero-order valence-electron chi connectivity index (χ0n) is 17.7. The van der Waals surface area contributed by atoms with E-state index in [0.717, 1.165) is 22.6 Å². The van der Waals surface area contributed by atoms with E-state index in [1.807, 2.05) is 48.5 Å². The Bertz CT molecular complexity index is 1100. The SMILES string of the molecule is COc1ccc(CNC(=O)Cc2c(C)nc(SCc3cccc(OC)c3)[nH]c2=O)cc1. The number of H-pyrrole nitrogens is 1. The van der Waals surface area contributed by atoms with Crippen LogP contribution >= 0.6 is 11.8 Å². The summed E-state index contributed by atoms with van der Waals surface area (Å²) in [5.41, 5.74) is 2.64. The van der Waals surface area contributed by atoms with Gasteiger partial charge < -0.3 is 19.8 Å². The van der Waals surface area contributed by atoms with Crippen LogP contribution in [0.3, 0.4) is 0 Å². The van der Waals surface area contributed by atoms with Gasteiger partial charge in [0.05, 0.1) is 20.6 Å². The van der Waals surface area contributed by atoms with E-state index >= 15 is 0 Å². The number of carbonyl (C=O) groups excluding carboxylic acids is 1. The number of rotatable bonds is 9. The van der Waals surface area contributed by atoms with Gasteiger partial charge in [-0.05, 0) is 42.3 Å². The fourth-order valence-corrected chi connectivity index (χ4v) is 3.79. The van der Waals surface area contributed by atoms with Gasteiger partial charge in [-0.15, -0.1) is 0 Å². The lowest BCUT2D eigenvalue weighted by atomic mass is 10.1. The molecule has 0 aliphatic rings. The molecule has 3 aromatic rings. The van der Waals surface area contributed by atoms with Crippen molar-refractivity contribution in [3.8, 4) is 11.5 Å². The highest BCUT2D eigenvalue weighted by Crippen LogP contribution is 2.22. The minimum atomic E-state index is -0.291. The van der Waals surface area contributed by atoms with Gasteiger partial charge in [-0.25, -0.2) is 4.98 Å². The van der Waals surface area contributed by atoms with Crippen molar-refractivity contribution >= 4 is 17.7 Å². The van der Waals surface area contributed by atoms with E-state index in [2.05, 4.69) is 15.3 Å². The third kappa shape index (κ3) is 6.36. The first kappa shape index (κ1) is 22.4. The van der Waals surface area contributed by atoms with Crippen LogP contribution < -0.4 is 20.3 Å². The summed E-state index contributed by atoms with van der Waals surface area (Å²) in [5, 5.41) is 3.36. The lowest BCUT2D eigenvalue weighted by Gasteiger charge is -2.09. The summed E-state index contributed by atoms with van der Waals surface area (Å²) >= 11 is 1.43. The zero-order chi connectivity index (χ0) is 22.2. The predicted octanol–water partition coefficient (Wildman–Crippen LogP) is 3.25. The van der Waals surface area contributed by atoms with Crippen molar-refractivity contribution in [2.45, 2.75) is 30.8 Å². The summed E-state index contributed by atoms with van der Waals surface area (Å²) in [7, 11) is 3.23. The van der Waals surface area contributed by atoms with Gasteiger partial charge in [0.2, 0.25) is 5.91 Å². The van der Waals surface area contributed by atoms with Crippen LogP contribution in [0.2, 0.25) is 0 Å². The molecule has 0 bridgehead atoms. The number of aromatic amines is 1. The van der Waals surface area contributed by atoms with Gasteiger partial charge in [0.15, 0.2) is 5.16 Å². The van der Waals surface area contributed by atoms with Crippen molar-refractivity contribution in [1.29, 1.82) is 0 Å². The molecule has 162 valence electrons. The Morgan fingerprint density at radius 3 is 2.48 bits per heavy atom. The monoisotopic (exact) mass is 439 g/mol. The molecular weight excluding hydrogens is 414 g/mol. The number of aromatic nitrogens is 2. The molecule has 0 fully saturated rings. The minimum Gasteiger partial charge on any atom is -0.497 e. The van der Waals surface area contributed by atoms with Crippen molar-refractivity contribution in [1.82, 2.24) is 15.3 Å². The van der Waals surface area contributed by atoms with Crippen LogP contribution in [0.15, 0.2) is 58.5 Å². The summed E-state index contributed by atoms with van der Waals surface area (Å²) in [6, 6.07) is 15.2. The molecule has 1 amide bonds. The number of benzene rings is 2. The van der Waals surface area contributed by atoms with E-state index in [-0.39, 0.29) is 17.9 Å². The fourth-order valence-electron chi connectivity index (χ4n) is 2.94. The van der Waals surface area contributed by atoms with E-state index in [4.69, 9.17) is 9.47 Å². The molecule has 0 saturated carbocycles. The molecule has 0 aliphatic heterocycles. The molecule has 8 heteroatoms. The van der Waals surface area contributed by atoms with Gasteiger partial charge in [-0.1, -0.05) is 36.0 Å². The highest BCUT2D eigenvalue weighted by molar-refractivity contribution is 7.98. The fraction of sp³-hybridized carbons (Fsp3) is 0.261. The molecule has 3 rings (SSSR count). The standard InChI is InChI=1S/C23H25N3O4S/c1-15-20(12-21(27)24-13-16-7-9-18(29-2)10-8-16)22(28)26-23(25-15)31-14-17-5-4-6-19(11-17)30-3/h4-11H,12-14H2,1-3H3,(H,24,27)(H,25,26,28). The Labute approximate surface area is 185 Å². The summed E-state index contributed by atoms with van der Waals surface area (Å²) in [5.74, 6) is 1.95. The average molecular weight is 440 g/mol. The molecule has 0 aliphatic carbocycles. The van der Waals surface area contributed by atoms with Gasteiger partial charge in [0.1, 0.15) is 11.5 Å². The van der Waals surface area contributed by atoms with E-state index in [9.17, 15) is 9.59 Å². The number of methoxy groups -OCH3 is 2. The third-order valence-corrected chi connectivity index (χ3v) is 5.64. The molecule has 0 spiro atoms. The molecule has 7 nitrogen and oxygen atoms in total. The highest BCUT2D eigenvalue weighted by atomic mass is 32.2. The number of aryl methyl sites for hydroxylation is 1. The van der Waals surface area contributed by atoms with Crippen LogP contribution in [0.1, 0.15) is 22.4 Å². The van der Waals surface area contributed by atoms with E-state index < -0.39 is 0 Å². The normalized spacial score (nSPS) is 10.5. The van der Waals surface area contributed by atoms with Crippen LogP contribution in [0, 0.1) is 6.92 Å². The molecule has 0 atom stereocenters. The lowest BCUT2D eigenvalue weighted by molar-refractivity contribution is -0.120. The zero-order valence-corrected chi connectivity index (χ0v) is 18.5. The predicted molar refractivity (Wildman–Crippen MR) is 121 cm³/mol. The summed E-state index contributed by atoms with van der Waals surface area (Å²) < 4.78 is 10.4. The van der Waals surface area contributed by atoms with Gasteiger partial charge in [0.25, 0.3) is 5.56 Å². The second-order valence-electron chi connectivity index (χ2n) is 6.88. The number of amides is 1. The summed E-state index contributed by atoms with van der Waals surface area (Å²) in [6.45, 7) is 2.12. The average Bonchev–Trinajstić information content (AvgIpc) is 2.79. The summed E-state index contributed by atoms with van der Waals surface area (Å²) in [6.07, 6.45) is -0.0227. The Morgan fingerprint density at radius 2 is 1.81 bits per heavy atom. The Hall–Kier alpha value is -3.26. The molecule has 0 unspecified atom stereocenters. The largest absolute Gasteiger partial charge is 0.497 e. The van der Waals surface area contributed by atoms with Crippen molar-refractivity contribution in [3.05, 3.63) is 81.3 Å². The second kappa shape index (κ2) is 10.7. The maximum absolute atomic E-state index is 12.5. The lowest BCUT2D eigenvalue weighted by Crippen LogP contribution is -2.28. The maximum Gasteiger partial charge on any atom is 0.255 e. The Kier molecular flexibility index (Phi) is 7.72. The number of ether oxygens (including phenoxy) is 2. The topological polar surface area (TPSA) is 93.3 Å². The van der Waals surface area contributed by atoms with Crippen LogP contribution in [0.25, 0.3) is 0 Å². The van der Waals surface area contributed by atoms with Crippen molar-refractivity contribution in [2.24, 2.45) is 0 Å². The van der Waals surface area contributed by atoms with E-state index in [1.54, 1.807) is 21.1 Å². The second-order valence-corrected chi connectivity index (χ2v) is 7.84. The van der Waals surface area contributed by atoms with Gasteiger partial charge in [-0.2, -0.15) is 0 Å². The van der Waals surface area contributed by atoms with Crippen molar-refractivity contribution in [2.75, 3.05) is 14.2 Å². The van der Waals surface area contributed by atoms with Crippen molar-refractivity contribution < 1.29 is 14.3 Å². The Morgan fingerprint density at radius 1 is 1.06 bits per heavy atom. The number of nitrogens with one attached hydrogen (secondary N) is 2. The van der Waals surface area contributed by atoms with Crippen molar-refractivity contribution in [3.63, 3.8) is 0 Å². The molecule has 2 aromatic carbocycles. The molecular formula is C23H25N3O4S. The van der Waals surface area contributed by atoms with Gasteiger partial charge in [0, 0.05) is 23.6 Å². The minimum absolute atomic E-state index is 0.0227. The number of hydrogen-bond donors (Lipinski definition) is 2. The highest BCUT2D eigenvalue weighted by Gasteiger charge is 2.13. The van der Waals surface area contributed by atoms with E-state index in [0.29, 0.717) is 28.7 Å². The molecule has 0 radical (unpaired) electrons. The van der Waals surface area contributed by atoms with Crippen LogP contribution in [-0.2, 0) is 23.5 Å². The summed E-state index contributed by atoms with van der Waals surface area (Å²) in [4.78, 5) is 32.1. The number of thioether (sulfide) groups is 1. The Balaban J connectivity index is 1.58. The molecule has 1 aromatic heterocycles. The maximum atomic E-state index is 12.5. The third-order valence-electron chi connectivity index (χ3n) is 4.70. The first-order valence-electron chi connectivity index (χ1n) is 9.73. The first-order valence-corrected chi connectivity index (χ1v) is 10.7. The van der Waals surface area contributed by atoms with Gasteiger partial charge >= 0.3 is 0 Å². The quantitative estimate of drug-likeness (QED) is 0.393. The van der Waals surface area contributed by atoms with Crippen LogP contribution in [0.4, 0.5) is 0 Å². The number of carbonyl (C=O) groups is 1. The smallest absolute Gasteiger partial charge is 0.255 e. The molecule has 1 heterocycles. The van der Waals surface area contributed by atoms with Crippen LogP contribution in [-0.4, -0.2) is 30.1 Å². The number of nitrogens with zero attached hydrogens (tertiary/aromatic N) is 1. The van der Waals surface area contributed by atoms with Gasteiger partial charge in [-0.3, -0.25) is 9.59 Å². The number of hydrogen-bond acceptors (Lipinski definition) is 6. The van der Waals surface area contributed by atoms with E-state index in [1.165, 1.54) is 11.8 Å². The molecule has 31 heavy (non-hydrogen) atoms.